The Morgan fingerprint density at radius 2 is 1.53 bits per heavy atom. The summed E-state index contributed by atoms with van der Waals surface area (Å²) in [6.45, 7) is 9.28. The van der Waals surface area contributed by atoms with Crippen LogP contribution in [0.15, 0.2) is 102 Å². The third kappa shape index (κ3) is 7.82. The topological polar surface area (TPSA) is 96.3 Å². The number of phenolic OH excluding ortho intramolecular Hbond substituents is 1. The van der Waals surface area contributed by atoms with Crippen LogP contribution < -0.4 is 10.4 Å². The zero-order valence-corrected chi connectivity index (χ0v) is 34.1. The van der Waals surface area contributed by atoms with Gasteiger partial charge < -0.3 is 19.2 Å². The minimum absolute atomic E-state index is 0.0442. The lowest BCUT2D eigenvalue weighted by atomic mass is 9.58. The summed E-state index contributed by atoms with van der Waals surface area (Å²) in [4.78, 5) is 30.6. The van der Waals surface area contributed by atoms with Gasteiger partial charge in [0, 0.05) is 11.6 Å². The molecule has 0 radical (unpaired) electrons. The van der Waals surface area contributed by atoms with Crippen LogP contribution in [0.2, 0.25) is 11.4 Å². The molecule has 0 bridgehead atoms. The van der Waals surface area contributed by atoms with Gasteiger partial charge in [-0.05, 0) is 83.4 Å². The molecule has 290 valence electrons. The molecule has 2 aliphatic carbocycles. The van der Waals surface area contributed by atoms with E-state index in [4.69, 9.17) is 9.08 Å². The van der Waals surface area contributed by atoms with Gasteiger partial charge >= 0.3 is 7.12 Å². The van der Waals surface area contributed by atoms with E-state index in [9.17, 15) is 19.7 Å². The second-order valence-corrected chi connectivity index (χ2v) is 21.6. The van der Waals surface area contributed by atoms with Crippen LogP contribution in [0.1, 0.15) is 97.5 Å². The standard InChI is InChI=1S/C46H58BNO6Si/c1-5-17-32(28-33-18-15-16-25-40(33)49)26-27-41-42-34(31-53-55(46(2,3)4,36-21-11-7-12-22-36)37-23-13-8-14-24-37)29-38-43(39(42)30-47(52)54-41)45(51)48(44(38)50)35-19-9-6-10-20-35/h7-8,11-16,18,21-25,28,35,38-39,41,43,49,52H,5-6,9-10,17,19-20,26-27,29-31H2,1-4H3/b32-28+/t38-,39+,41-,43-/m1/s1. The quantitative estimate of drug-likeness (QED) is 0.110. The number of likely N-dealkylation sites (tertiary alicyclic amines) is 1. The van der Waals surface area contributed by atoms with Crippen molar-refractivity contribution in [3.63, 3.8) is 0 Å². The van der Waals surface area contributed by atoms with Crippen LogP contribution in [0.4, 0.5) is 0 Å². The molecule has 4 atom stereocenters. The monoisotopic (exact) mass is 759 g/mol. The zero-order valence-electron chi connectivity index (χ0n) is 33.1. The molecule has 2 amide bonds. The fraction of sp³-hybridized carbons (Fsp3) is 0.478. The maximum absolute atomic E-state index is 14.5. The van der Waals surface area contributed by atoms with Gasteiger partial charge in [0.1, 0.15) is 5.75 Å². The molecule has 2 heterocycles. The number of phenols is 1. The fourth-order valence-corrected chi connectivity index (χ4v) is 14.9. The summed E-state index contributed by atoms with van der Waals surface area (Å²) in [5, 5.41) is 24.1. The van der Waals surface area contributed by atoms with E-state index in [1.807, 2.05) is 30.3 Å². The van der Waals surface area contributed by atoms with Crippen LogP contribution in [-0.4, -0.2) is 61.0 Å². The first-order chi connectivity index (χ1) is 26.5. The number of carbonyl (C=O) groups excluding carboxylic acids is 2. The Hall–Kier alpha value is -3.76. The molecule has 7 rings (SSSR count). The molecule has 0 aromatic heterocycles. The van der Waals surface area contributed by atoms with Crippen molar-refractivity contribution in [2.75, 3.05) is 6.61 Å². The molecule has 9 heteroatoms. The second-order valence-electron chi connectivity index (χ2n) is 17.3. The smallest absolute Gasteiger partial charge is 0.455 e. The number of nitrogens with zero attached hydrogens (tertiary/aromatic N) is 1. The zero-order chi connectivity index (χ0) is 38.7. The highest BCUT2D eigenvalue weighted by Gasteiger charge is 2.59. The highest BCUT2D eigenvalue weighted by atomic mass is 28.4. The van der Waals surface area contributed by atoms with Crippen molar-refractivity contribution in [3.8, 4) is 5.75 Å². The lowest BCUT2D eigenvalue weighted by Crippen LogP contribution is -2.66. The van der Waals surface area contributed by atoms with E-state index in [1.54, 1.807) is 11.0 Å². The van der Waals surface area contributed by atoms with Crippen LogP contribution >= 0.6 is 0 Å². The number of carbonyl (C=O) groups is 2. The second kappa shape index (κ2) is 16.8. The molecule has 2 aliphatic heterocycles. The highest BCUT2D eigenvalue weighted by Crippen LogP contribution is 2.52. The van der Waals surface area contributed by atoms with E-state index in [-0.39, 0.29) is 40.9 Å². The first-order valence-electron chi connectivity index (χ1n) is 20.7. The summed E-state index contributed by atoms with van der Waals surface area (Å²) >= 11 is 0. The van der Waals surface area contributed by atoms with Gasteiger partial charge in [-0.15, -0.1) is 0 Å². The molecular weight excluding hydrogens is 701 g/mol. The third-order valence-electron chi connectivity index (χ3n) is 12.8. The van der Waals surface area contributed by atoms with Crippen LogP contribution in [0.25, 0.3) is 6.08 Å². The molecule has 3 aromatic rings. The van der Waals surface area contributed by atoms with Crippen molar-refractivity contribution in [2.24, 2.45) is 17.8 Å². The molecule has 0 unspecified atom stereocenters. The Morgan fingerprint density at radius 1 is 0.891 bits per heavy atom. The maximum Gasteiger partial charge on any atom is 0.455 e. The van der Waals surface area contributed by atoms with Gasteiger partial charge in [-0.2, -0.15) is 0 Å². The van der Waals surface area contributed by atoms with E-state index in [2.05, 4.69) is 82.3 Å². The predicted octanol–water partition coefficient (Wildman–Crippen LogP) is 8.06. The summed E-state index contributed by atoms with van der Waals surface area (Å²) in [5.74, 6) is -1.15. The van der Waals surface area contributed by atoms with Crippen LogP contribution in [0, 0.1) is 17.8 Å². The molecule has 3 aromatic carbocycles. The molecule has 2 N–H and O–H groups in total. The number of hydrogen-bond acceptors (Lipinski definition) is 6. The summed E-state index contributed by atoms with van der Waals surface area (Å²) in [6.07, 6.45) is 10.4. The Labute approximate surface area is 329 Å². The van der Waals surface area contributed by atoms with Crippen molar-refractivity contribution in [3.05, 3.63) is 107 Å². The number of allylic oxidation sites excluding steroid dienone is 1. The van der Waals surface area contributed by atoms with Crippen molar-refractivity contribution < 1.29 is 28.8 Å². The summed E-state index contributed by atoms with van der Waals surface area (Å²) in [7, 11) is -3.99. The van der Waals surface area contributed by atoms with Gasteiger partial charge in [-0.3, -0.25) is 14.5 Å². The first kappa shape index (κ1) is 39.5. The van der Waals surface area contributed by atoms with Crippen molar-refractivity contribution in [1.29, 1.82) is 0 Å². The van der Waals surface area contributed by atoms with Gasteiger partial charge in [-0.25, -0.2) is 0 Å². The summed E-state index contributed by atoms with van der Waals surface area (Å²) < 4.78 is 14.0. The fourth-order valence-electron chi connectivity index (χ4n) is 10.3. The summed E-state index contributed by atoms with van der Waals surface area (Å²) in [5.41, 5.74) is 4.07. The molecule has 55 heavy (non-hydrogen) atoms. The first-order valence-corrected chi connectivity index (χ1v) is 22.6. The number of hydrogen-bond donors (Lipinski definition) is 2. The maximum atomic E-state index is 14.5. The predicted molar refractivity (Wildman–Crippen MR) is 222 cm³/mol. The Balaban J connectivity index is 1.30. The van der Waals surface area contributed by atoms with Crippen molar-refractivity contribution in [1.82, 2.24) is 4.90 Å². The van der Waals surface area contributed by atoms with Gasteiger partial charge in [-0.1, -0.05) is 144 Å². The lowest BCUT2D eigenvalue weighted by Gasteiger charge is -2.46. The summed E-state index contributed by atoms with van der Waals surface area (Å²) in [6, 6.07) is 28.5. The van der Waals surface area contributed by atoms with Crippen LogP contribution in [0.5, 0.6) is 5.75 Å². The molecule has 4 aliphatic rings. The van der Waals surface area contributed by atoms with Crippen molar-refractivity contribution in [2.45, 2.75) is 115 Å². The largest absolute Gasteiger partial charge is 0.507 e. The van der Waals surface area contributed by atoms with E-state index in [1.165, 1.54) is 15.9 Å². The lowest BCUT2D eigenvalue weighted by molar-refractivity contribution is -0.143. The molecule has 7 nitrogen and oxygen atoms in total. The van der Waals surface area contributed by atoms with E-state index < -0.39 is 33.4 Å². The van der Waals surface area contributed by atoms with Crippen LogP contribution in [-0.2, 0) is 18.7 Å². The molecule has 3 fully saturated rings. The highest BCUT2D eigenvalue weighted by molar-refractivity contribution is 6.99. The normalized spacial score (nSPS) is 24.0. The van der Waals surface area contributed by atoms with Crippen LogP contribution in [0.3, 0.4) is 0 Å². The number of benzene rings is 3. The Kier molecular flexibility index (Phi) is 12.0. The van der Waals surface area contributed by atoms with Gasteiger partial charge in [0.25, 0.3) is 8.32 Å². The van der Waals surface area contributed by atoms with E-state index >= 15 is 0 Å². The Bertz CT molecular complexity index is 1850. The average Bonchev–Trinajstić information content (AvgIpc) is 3.43. The number of aromatic hydroxyl groups is 1. The molecule has 0 spiro atoms. The van der Waals surface area contributed by atoms with Gasteiger partial charge in [0.2, 0.25) is 11.8 Å². The van der Waals surface area contributed by atoms with E-state index in [0.717, 1.165) is 61.7 Å². The van der Waals surface area contributed by atoms with Gasteiger partial charge in [0.05, 0.1) is 24.5 Å². The number of imide groups is 1. The number of rotatable bonds is 12. The van der Waals surface area contributed by atoms with Crippen molar-refractivity contribution >= 4 is 43.7 Å². The molecule has 1 saturated carbocycles. The third-order valence-corrected chi connectivity index (χ3v) is 17.7. The number of para-hydroxylation sites is 1. The minimum Gasteiger partial charge on any atom is -0.507 e. The molecular formula is C46H58BNO6Si. The van der Waals surface area contributed by atoms with Gasteiger partial charge in [0.15, 0.2) is 0 Å². The molecule has 2 saturated heterocycles. The number of fused-ring (bicyclic) bond motifs is 3. The minimum atomic E-state index is -2.94. The average molecular weight is 760 g/mol. The van der Waals surface area contributed by atoms with E-state index in [0.29, 0.717) is 25.9 Å². The SMILES string of the molecule is CCC/C(=C\c1ccccc1O)CC[C@H]1OB(O)C[C@H]2C1=C(CO[Si](c1ccccc1)(c1ccccc1)C(C)(C)C)C[C@H]1C(=O)N(C3CCCCC3)C(=O)[C@H]12. The Morgan fingerprint density at radius 3 is 2.15 bits per heavy atom. The number of amides is 2.